The third-order valence-corrected chi connectivity index (χ3v) is 1.19. The SMILES string of the molecule is OB(O)c1ccc(O)cc1.[HH].[HH]. The molecule has 0 aliphatic rings. The van der Waals surface area contributed by atoms with Crippen molar-refractivity contribution in [3.8, 4) is 5.75 Å². The Morgan fingerprint density at radius 3 is 2.00 bits per heavy atom. The van der Waals surface area contributed by atoms with Gasteiger partial charge in [0.15, 0.2) is 0 Å². The number of aromatic hydroxyl groups is 1. The molecule has 0 aliphatic carbocycles. The van der Waals surface area contributed by atoms with Crippen molar-refractivity contribution in [2.75, 3.05) is 0 Å². The summed E-state index contributed by atoms with van der Waals surface area (Å²) < 4.78 is 0. The molecule has 0 aromatic heterocycles. The zero-order valence-corrected chi connectivity index (χ0v) is 5.23. The Kier molecular flexibility index (Phi) is 1.94. The van der Waals surface area contributed by atoms with Crippen molar-refractivity contribution in [2.45, 2.75) is 0 Å². The molecule has 0 spiro atoms. The van der Waals surface area contributed by atoms with Crippen LogP contribution < -0.4 is 5.46 Å². The summed E-state index contributed by atoms with van der Waals surface area (Å²) in [5, 5.41) is 26.0. The number of phenols is 1. The van der Waals surface area contributed by atoms with Gasteiger partial charge in [0, 0.05) is 2.85 Å². The lowest BCUT2D eigenvalue weighted by Crippen LogP contribution is -2.29. The predicted octanol–water partition coefficient (Wildman–Crippen LogP) is -0.436. The lowest BCUT2D eigenvalue weighted by molar-refractivity contribution is 0.425. The Bertz CT molecular complexity index is 215. The zero-order valence-electron chi connectivity index (χ0n) is 5.23. The van der Waals surface area contributed by atoms with Crippen molar-refractivity contribution in [1.29, 1.82) is 0 Å². The third-order valence-electron chi connectivity index (χ3n) is 1.19. The van der Waals surface area contributed by atoms with Crippen LogP contribution in [0, 0.1) is 0 Å². The molecular weight excluding hydrogens is 131 g/mol. The number of phenolic OH excluding ortho intramolecular Hbond substituents is 1. The van der Waals surface area contributed by atoms with Crippen LogP contribution in [-0.4, -0.2) is 22.3 Å². The predicted molar refractivity (Wildman–Crippen MR) is 42.2 cm³/mol. The Morgan fingerprint density at radius 2 is 1.60 bits per heavy atom. The fraction of sp³-hybridized carbons (Fsp3) is 0. The molecular formula is C6H11BO3. The first-order valence-electron chi connectivity index (χ1n) is 2.85. The van der Waals surface area contributed by atoms with Crippen LogP contribution in [0.2, 0.25) is 0 Å². The van der Waals surface area contributed by atoms with Gasteiger partial charge in [-0.2, -0.15) is 0 Å². The highest BCUT2D eigenvalue weighted by atomic mass is 16.4. The third kappa shape index (κ3) is 1.49. The van der Waals surface area contributed by atoms with E-state index in [4.69, 9.17) is 15.2 Å². The normalized spacial score (nSPS) is 9.40. The number of hydrogen-bond acceptors (Lipinski definition) is 3. The Hall–Kier alpha value is -0.995. The summed E-state index contributed by atoms with van der Waals surface area (Å²) in [5.41, 5.74) is 0.373. The first kappa shape index (κ1) is 7.12. The van der Waals surface area contributed by atoms with E-state index in [-0.39, 0.29) is 8.60 Å². The molecule has 4 heteroatoms. The minimum atomic E-state index is -1.46. The second-order valence-electron chi connectivity index (χ2n) is 1.97. The molecule has 10 heavy (non-hydrogen) atoms. The second kappa shape index (κ2) is 2.73. The van der Waals surface area contributed by atoms with Gasteiger partial charge in [0.25, 0.3) is 0 Å². The second-order valence-corrected chi connectivity index (χ2v) is 1.97. The van der Waals surface area contributed by atoms with Crippen molar-refractivity contribution in [3.63, 3.8) is 0 Å². The maximum atomic E-state index is 8.78. The Morgan fingerprint density at radius 1 is 1.10 bits per heavy atom. The number of rotatable bonds is 1. The quantitative estimate of drug-likeness (QED) is 0.466. The fourth-order valence-corrected chi connectivity index (χ4v) is 0.646. The summed E-state index contributed by atoms with van der Waals surface area (Å²) in [6.07, 6.45) is 0. The van der Waals surface area contributed by atoms with Crippen molar-refractivity contribution >= 4 is 12.6 Å². The van der Waals surface area contributed by atoms with E-state index in [1.165, 1.54) is 24.3 Å². The summed E-state index contributed by atoms with van der Waals surface area (Å²) in [7, 11) is -1.46. The van der Waals surface area contributed by atoms with Crippen LogP contribution in [0.1, 0.15) is 2.85 Å². The van der Waals surface area contributed by atoms with Crippen LogP contribution in [0.5, 0.6) is 5.75 Å². The molecule has 0 amide bonds. The van der Waals surface area contributed by atoms with Gasteiger partial charge in [-0.05, 0) is 17.6 Å². The van der Waals surface area contributed by atoms with Gasteiger partial charge in [0.1, 0.15) is 5.75 Å². The van der Waals surface area contributed by atoms with E-state index >= 15 is 0 Å². The van der Waals surface area contributed by atoms with Crippen LogP contribution >= 0.6 is 0 Å². The van der Waals surface area contributed by atoms with Crippen molar-refractivity contribution < 1.29 is 18.0 Å². The smallest absolute Gasteiger partial charge is 0.488 e. The summed E-state index contributed by atoms with van der Waals surface area (Å²) in [6, 6.07) is 5.68. The largest absolute Gasteiger partial charge is 0.508 e. The highest BCUT2D eigenvalue weighted by Gasteiger charge is 2.08. The molecule has 3 N–H and O–H groups in total. The first-order chi connectivity index (χ1) is 4.70. The molecule has 0 saturated heterocycles. The van der Waals surface area contributed by atoms with Gasteiger partial charge in [0.2, 0.25) is 0 Å². The minimum absolute atomic E-state index is 0. The molecule has 3 nitrogen and oxygen atoms in total. The monoisotopic (exact) mass is 142 g/mol. The van der Waals surface area contributed by atoms with Crippen LogP contribution in [0.3, 0.4) is 0 Å². The lowest BCUT2D eigenvalue weighted by atomic mass is 9.80. The zero-order chi connectivity index (χ0) is 7.56. The Labute approximate surface area is 61.7 Å². The van der Waals surface area contributed by atoms with Gasteiger partial charge in [-0.3, -0.25) is 0 Å². The summed E-state index contributed by atoms with van der Waals surface area (Å²) in [6.45, 7) is 0. The molecule has 1 aromatic rings. The molecule has 0 unspecified atom stereocenters. The molecule has 0 atom stereocenters. The molecule has 56 valence electrons. The highest BCUT2D eigenvalue weighted by Crippen LogP contribution is 2.02. The fourth-order valence-electron chi connectivity index (χ4n) is 0.646. The van der Waals surface area contributed by atoms with E-state index in [0.717, 1.165) is 0 Å². The standard InChI is InChI=1S/C6H7BO3.2H2/c8-6-3-1-5(2-4-6)7(9)10;;/h1-4,8-10H;2*1H. The van der Waals surface area contributed by atoms with Crippen molar-refractivity contribution in [2.24, 2.45) is 0 Å². The summed E-state index contributed by atoms with van der Waals surface area (Å²) in [5.74, 6) is 0.115. The average molecular weight is 142 g/mol. The van der Waals surface area contributed by atoms with Crippen molar-refractivity contribution in [1.82, 2.24) is 0 Å². The number of benzene rings is 1. The minimum Gasteiger partial charge on any atom is -0.508 e. The lowest BCUT2D eigenvalue weighted by Gasteiger charge is -1.96. The van der Waals surface area contributed by atoms with Gasteiger partial charge >= 0.3 is 7.12 Å². The van der Waals surface area contributed by atoms with E-state index in [9.17, 15) is 0 Å². The average Bonchev–Trinajstić information content (AvgIpc) is 1.88. The molecule has 0 fully saturated rings. The summed E-state index contributed by atoms with van der Waals surface area (Å²) >= 11 is 0. The molecule has 0 heterocycles. The first-order valence-corrected chi connectivity index (χ1v) is 2.85. The van der Waals surface area contributed by atoms with Gasteiger partial charge in [-0.15, -0.1) is 0 Å². The molecule has 0 aliphatic heterocycles. The maximum Gasteiger partial charge on any atom is 0.488 e. The van der Waals surface area contributed by atoms with Gasteiger partial charge < -0.3 is 15.2 Å². The van der Waals surface area contributed by atoms with Crippen molar-refractivity contribution in [3.05, 3.63) is 24.3 Å². The molecule has 0 bridgehead atoms. The topological polar surface area (TPSA) is 60.7 Å². The van der Waals surface area contributed by atoms with Gasteiger partial charge in [-0.25, -0.2) is 0 Å². The van der Waals surface area contributed by atoms with Crippen LogP contribution in [-0.2, 0) is 0 Å². The number of hydrogen-bond donors (Lipinski definition) is 3. The molecule has 0 saturated carbocycles. The van der Waals surface area contributed by atoms with Crippen LogP contribution in [0.15, 0.2) is 24.3 Å². The van der Waals surface area contributed by atoms with Gasteiger partial charge in [0.05, 0.1) is 0 Å². The van der Waals surface area contributed by atoms with E-state index in [0.29, 0.717) is 5.46 Å². The maximum absolute atomic E-state index is 8.78. The van der Waals surface area contributed by atoms with E-state index in [1.54, 1.807) is 0 Å². The van der Waals surface area contributed by atoms with E-state index in [2.05, 4.69) is 0 Å². The van der Waals surface area contributed by atoms with Gasteiger partial charge in [-0.1, -0.05) is 12.1 Å². The highest BCUT2D eigenvalue weighted by molar-refractivity contribution is 6.58. The van der Waals surface area contributed by atoms with E-state index in [1.807, 2.05) is 0 Å². The van der Waals surface area contributed by atoms with Crippen LogP contribution in [0.4, 0.5) is 0 Å². The Balaban J connectivity index is 0. The molecule has 0 radical (unpaired) electrons. The van der Waals surface area contributed by atoms with Crippen LogP contribution in [0.25, 0.3) is 0 Å². The summed E-state index contributed by atoms with van der Waals surface area (Å²) in [4.78, 5) is 0. The molecule has 1 aromatic carbocycles. The molecule has 1 rings (SSSR count). The van der Waals surface area contributed by atoms with E-state index < -0.39 is 7.12 Å².